The minimum absolute atomic E-state index is 0.112. The van der Waals surface area contributed by atoms with Gasteiger partial charge in [0.25, 0.3) is 11.6 Å². The molecule has 1 atom stereocenters. The van der Waals surface area contributed by atoms with E-state index in [-0.39, 0.29) is 22.6 Å². The number of rotatable bonds is 7. The van der Waals surface area contributed by atoms with Gasteiger partial charge in [0.2, 0.25) is 5.78 Å². The highest BCUT2D eigenvalue weighted by Gasteiger charge is 2.20. The van der Waals surface area contributed by atoms with E-state index >= 15 is 0 Å². The number of ketones is 1. The molecule has 0 spiro atoms. The van der Waals surface area contributed by atoms with Crippen molar-refractivity contribution in [2.75, 3.05) is 5.32 Å². The number of hydrogen-bond acceptors (Lipinski definition) is 6. The van der Waals surface area contributed by atoms with E-state index in [0.717, 1.165) is 0 Å². The summed E-state index contributed by atoms with van der Waals surface area (Å²) < 4.78 is 5.24. The molecule has 3 aromatic carbocycles. The summed E-state index contributed by atoms with van der Waals surface area (Å²) in [5.41, 5.74) is 1.24. The lowest BCUT2D eigenvalue weighted by Gasteiger charge is -2.12. The smallest absolute Gasteiger partial charge is 0.338 e. The fourth-order valence-electron chi connectivity index (χ4n) is 2.75. The minimum Gasteiger partial charge on any atom is -0.451 e. The van der Waals surface area contributed by atoms with Gasteiger partial charge in [-0.25, -0.2) is 4.79 Å². The van der Waals surface area contributed by atoms with Crippen LogP contribution in [0.15, 0.2) is 78.9 Å². The number of Topliss-reactive ketones (excluding diaryl/α,β-unsaturated/α-hetero) is 1. The lowest BCUT2D eigenvalue weighted by Crippen LogP contribution is -2.24. The maximum atomic E-state index is 12.3. The molecule has 156 valence electrons. The van der Waals surface area contributed by atoms with Crippen molar-refractivity contribution in [3.05, 3.63) is 106 Å². The van der Waals surface area contributed by atoms with Crippen LogP contribution >= 0.6 is 0 Å². The van der Waals surface area contributed by atoms with E-state index in [1.807, 2.05) is 0 Å². The summed E-state index contributed by atoms with van der Waals surface area (Å²) in [6.07, 6.45) is -0.948. The number of esters is 1. The Kier molecular flexibility index (Phi) is 6.51. The van der Waals surface area contributed by atoms with Crippen molar-refractivity contribution < 1.29 is 24.0 Å². The highest BCUT2D eigenvalue weighted by atomic mass is 16.6. The standard InChI is InChI=1S/C23H18N2O6/c1-15(21(26)16-5-3-2-4-6-16)31-23(28)18-7-11-19(12-8-18)24-22(27)17-9-13-20(14-10-17)25(29)30/h2-15H,1H3,(H,24,27)/t15-/m1/s1. The molecule has 3 rings (SSSR count). The van der Waals surface area contributed by atoms with Crippen LogP contribution in [-0.2, 0) is 4.74 Å². The molecule has 8 nitrogen and oxygen atoms in total. The summed E-state index contributed by atoms with van der Waals surface area (Å²) >= 11 is 0. The van der Waals surface area contributed by atoms with Crippen LogP contribution < -0.4 is 5.32 Å². The molecule has 8 heteroatoms. The fourth-order valence-corrected chi connectivity index (χ4v) is 2.75. The zero-order valence-electron chi connectivity index (χ0n) is 16.5. The van der Waals surface area contributed by atoms with Crippen LogP contribution in [0, 0.1) is 10.1 Å². The second-order valence-corrected chi connectivity index (χ2v) is 6.61. The van der Waals surface area contributed by atoms with Crippen molar-refractivity contribution >= 4 is 29.0 Å². The van der Waals surface area contributed by atoms with E-state index < -0.39 is 22.9 Å². The number of nitro benzene ring substituents is 1. The van der Waals surface area contributed by atoms with E-state index in [0.29, 0.717) is 11.3 Å². The normalized spacial score (nSPS) is 11.3. The third-order valence-corrected chi connectivity index (χ3v) is 4.43. The lowest BCUT2D eigenvalue weighted by molar-refractivity contribution is -0.384. The Morgan fingerprint density at radius 3 is 2.00 bits per heavy atom. The average molecular weight is 418 g/mol. The van der Waals surface area contributed by atoms with Crippen LogP contribution in [0.2, 0.25) is 0 Å². The topological polar surface area (TPSA) is 116 Å². The van der Waals surface area contributed by atoms with Gasteiger partial charge in [0.1, 0.15) is 0 Å². The van der Waals surface area contributed by atoms with Crippen molar-refractivity contribution in [1.29, 1.82) is 0 Å². The molecular formula is C23H18N2O6. The van der Waals surface area contributed by atoms with Gasteiger partial charge in [0.15, 0.2) is 6.10 Å². The quantitative estimate of drug-likeness (QED) is 0.265. The van der Waals surface area contributed by atoms with Crippen molar-refractivity contribution in [3.8, 4) is 0 Å². The summed E-state index contributed by atoms with van der Waals surface area (Å²) in [5.74, 6) is -1.42. The SMILES string of the molecule is C[C@@H](OC(=O)c1ccc(NC(=O)c2ccc([N+](=O)[O-])cc2)cc1)C(=O)c1ccccc1. The van der Waals surface area contributed by atoms with Crippen LogP contribution in [0.1, 0.15) is 38.0 Å². The van der Waals surface area contributed by atoms with Gasteiger partial charge in [-0.05, 0) is 43.3 Å². The molecule has 0 unspecified atom stereocenters. The highest BCUT2D eigenvalue weighted by Crippen LogP contribution is 2.16. The molecule has 0 aliphatic carbocycles. The number of anilines is 1. The first-order valence-corrected chi connectivity index (χ1v) is 9.31. The molecule has 0 heterocycles. The molecule has 0 fully saturated rings. The van der Waals surface area contributed by atoms with Gasteiger partial charge in [-0.15, -0.1) is 0 Å². The first-order chi connectivity index (χ1) is 14.8. The summed E-state index contributed by atoms with van der Waals surface area (Å²) in [5, 5.41) is 13.3. The zero-order chi connectivity index (χ0) is 22.4. The number of hydrogen-bond donors (Lipinski definition) is 1. The third kappa shape index (κ3) is 5.39. The predicted octanol–water partition coefficient (Wildman–Crippen LogP) is 4.28. The van der Waals surface area contributed by atoms with Gasteiger partial charge in [0, 0.05) is 28.9 Å². The Hall–Kier alpha value is -4.33. The molecule has 0 aliphatic heterocycles. The van der Waals surface area contributed by atoms with Crippen molar-refractivity contribution in [1.82, 2.24) is 0 Å². The third-order valence-electron chi connectivity index (χ3n) is 4.43. The average Bonchev–Trinajstić information content (AvgIpc) is 2.79. The van der Waals surface area contributed by atoms with Crippen LogP contribution in [0.3, 0.4) is 0 Å². The Balaban J connectivity index is 1.60. The van der Waals surface area contributed by atoms with Gasteiger partial charge in [-0.1, -0.05) is 30.3 Å². The second-order valence-electron chi connectivity index (χ2n) is 6.61. The number of non-ortho nitro benzene ring substituents is 1. The number of ether oxygens (including phenoxy) is 1. The Morgan fingerprint density at radius 1 is 0.839 bits per heavy atom. The molecule has 1 amide bonds. The Labute approximate surface area is 177 Å². The largest absolute Gasteiger partial charge is 0.451 e. The summed E-state index contributed by atoms with van der Waals surface area (Å²) in [4.78, 5) is 47.0. The second kappa shape index (κ2) is 9.45. The van der Waals surface area contributed by atoms with Gasteiger partial charge >= 0.3 is 5.97 Å². The van der Waals surface area contributed by atoms with Crippen molar-refractivity contribution in [2.24, 2.45) is 0 Å². The predicted molar refractivity (Wildman–Crippen MR) is 113 cm³/mol. The Morgan fingerprint density at radius 2 is 1.42 bits per heavy atom. The number of carbonyl (C=O) groups excluding carboxylic acids is 3. The number of nitrogens with one attached hydrogen (secondary N) is 1. The van der Waals surface area contributed by atoms with Gasteiger partial charge < -0.3 is 10.1 Å². The van der Waals surface area contributed by atoms with Gasteiger partial charge in [0.05, 0.1) is 10.5 Å². The molecule has 0 aromatic heterocycles. The minimum atomic E-state index is -0.948. The fraction of sp³-hybridized carbons (Fsp3) is 0.0870. The maximum Gasteiger partial charge on any atom is 0.338 e. The number of nitro groups is 1. The first-order valence-electron chi connectivity index (χ1n) is 9.31. The molecule has 31 heavy (non-hydrogen) atoms. The van der Waals surface area contributed by atoms with E-state index in [1.54, 1.807) is 30.3 Å². The van der Waals surface area contributed by atoms with Crippen molar-refractivity contribution in [2.45, 2.75) is 13.0 Å². The first kappa shape index (κ1) is 21.4. The van der Waals surface area contributed by atoms with Crippen LogP contribution in [0.4, 0.5) is 11.4 Å². The van der Waals surface area contributed by atoms with E-state index in [2.05, 4.69) is 5.32 Å². The van der Waals surface area contributed by atoms with Crippen LogP contribution in [-0.4, -0.2) is 28.7 Å². The number of nitrogens with zero attached hydrogens (tertiary/aromatic N) is 1. The monoisotopic (exact) mass is 418 g/mol. The number of amides is 1. The summed E-state index contributed by atoms with van der Waals surface area (Å²) in [7, 11) is 0. The van der Waals surface area contributed by atoms with E-state index in [1.165, 1.54) is 55.5 Å². The van der Waals surface area contributed by atoms with Crippen LogP contribution in [0.5, 0.6) is 0 Å². The highest BCUT2D eigenvalue weighted by molar-refractivity contribution is 6.05. The molecule has 0 saturated heterocycles. The van der Waals surface area contributed by atoms with Gasteiger partial charge in [-0.2, -0.15) is 0 Å². The molecule has 0 bridgehead atoms. The molecule has 1 N–H and O–H groups in total. The number of benzene rings is 3. The Bertz CT molecular complexity index is 1110. The van der Waals surface area contributed by atoms with Gasteiger partial charge in [-0.3, -0.25) is 19.7 Å². The molecular weight excluding hydrogens is 400 g/mol. The zero-order valence-corrected chi connectivity index (χ0v) is 16.5. The van der Waals surface area contributed by atoms with E-state index in [4.69, 9.17) is 4.74 Å². The molecule has 3 aromatic rings. The molecule has 0 saturated carbocycles. The van der Waals surface area contributed by atoms with Crippen molar-refractivity contribution in [3.63, 3.8) is 0 Å². The van der Waals surface area contributed by atoms with Crippen LogP contribution in [0.25, 0.3) is 0 Å². The molecule has 0 radical (unpaired) electrons. The number of carbonyl (C=O) groups is 3. The summed E-state index contributed by atoms with van der Waals surface area (Å²) in [6, 6.07) is 19.7. The maximum absolute atomic E-state index is 12.3. The van der Waals surface area contributed by atoms with E-state index in [9.17, 15) is 24.5 Å². The molecule has 0 aliphatic rings. The lowest BCUT2D eigenvalue weighted by atomic mass is 10.1. The summed E-state index contributed by atoms with van der Waals surface area (Å²) in [6.45, 7) is 1.51.